The Morgan fingerprint density at radius 2 is 2.05 bits per heavy atom. The number of nitrogens with zero attached hydrogens (tertiary/aromatic N) is 3. The molecule has 3 rings (SSSR count). The molecule has 1 heterocycles. The zero-order chi connectivity index (χ0) is 28.1. The van der Waals surface area contributed by atoms with Crippen molar-refractivity contribution in [3.05, 3.63) is 34.5 Å². The molecule has 1 saturated carbocycles. The second-order valence-electron chi connectivity index (χ2n) is 11.5. The number of alkyl halides is 2. The number of ether oxygens (including phenoxy) is 1. The van der Waals surface area contributed by atoms with Crippen LogP contribution in [0.25, 0.3) is 11.3 Å². The predicted molar refractivity (Wildman–Crippen MR) is 142 cm³/mol. The fourth-order valence-corrected chi connectivity index (χ4v) is 5.12. The predicted octanol–water partition coefficient (Wildman–Crippen LogP) is 6.37. The van der Waals surface area contributed by atoms with E-state index in [-0.39, 0.29) is 52.6 Å². The Balaban J connectivity index is 1.97. The van der Waals surface area contributed by atoms with E-state index in [0.29, 0.717) is 31.6 Å². The zero-order valence-corrected chi connectivity index (χ0v) is 23.2. The van der Waals surface area contributed by atoms with Crippen LogP contribution in [0.3, 0.4) is 0 Å². The second-order valence-corrected chi connectivity index (χ2v) is 11.9. The van der Waals surface area contributed by atoms with Crippen LogP contribution in [0.5, 0.6) is 5.75 Å². The second kappa shape index (κ2) is 12.4. The summed E-state index contributed by atoms with van der Waals surface area (Å²) in [6.45, 7) is 5.53. The standard InChI is InChI=1S/C28H37ClF2N4O3/c1-18-9-11-28(37,12-10-18)17-33-25(36)23-22(29)24(35(34-23)14-6-5-13-32)20-8-7-19(16-27(2,3)4)15-21(20)38-26(30)31/h7-8,15,18,26,37H,5-6,9-12,14,16-17H2,1-4H3,(H,33,36). The molecule has 1 aliphatic carbocycles. The van der Waals surface area contributed by atoms with E-state index in [2.05, 4.69) is 23.4 Å². The van der Waals surface area contributed by atoms with E-state index in [1.165, 1.54) is 4.68 Å². The number of amides is 1. The average molecular weight is 551 g/mol. The Morgan fingerprint density at radius 1 is 1.37 bits per heavy atom. The van der Waals surface area contributed by atoms with Crippen LogP contribution in [-0.4, -0.2) is 39.6 Å². The van der Waals surface area contributed by atoms with Gasteiger partial charge in [0.15, 0.2) is 5.69 Å². The Labute approximate surface area is 228 Å². The molecule has 0 radical (unpaired) electrons. The third kappa shape index (κ3) is 7.90. The number of benzene rings is 1. The Kier molecular flexibility index (Phi) is 9.77. The van der Waals surface area contributed by atoms with Gasteiger partial charge in [-0.3, -0.25) is 9.48 Å². The molecule has 1 aromatic heterocycles. The van der Waals surface area contributed by atoms with Crippen LogP contribution in [0.1, 0.15) is 82.3 Å². The van der Waals surface area contributed by atoms with E-state index in [4.69, 9.17) is 21.6 Å². The van der Waals surface area contributed by atoms with Gasteiger partial charge < -0.3 is 15.2 Å². The lowest BCUT2D eigenvalue weighted by Crippen LogP contribution is -2.45. The molecule has 2 aromatic rings. The van der Waals surface area contributed by atoms with Gasteiger partial charge in [0.05, 0.1) is 22.4 Å². The van der Waals surface area contributed by atoms with Gasteiger partial charge in [-0.2, -0.15) is 19.1 Å². The van der Waals surface area contributed by atoms with Gasteiger partial charge >= 0.3 is 6.61 Å². The van der Waals surface area contributed by atoms with Crippen molar-refractivity contribution in [3.63, 3.8) is 0 Å². The number of carbonyl (C=O) groups excluding carboxylic acids is 1. The first-order valence-electron chi connectivity index (χ1n) is 13.0. The van der Waals surface area contributed by atoms with Crippen molar-refractivity contribution in [2.45, 2.75) is 91.4 Å². The summed E-state index contributed by atoms with van der Waals surface area (Å²) in [5.41, 5.74) is 0.207. The lowest BCUT2D eigenvalue weighted by molar-refractivity contribution is -0.0495. The van der Waals surface area contributed by atoms with E-state index in [1.807, 2.05) is 26.8 Å². The molecule has 38 heavy (non-hydrogen) atoms. The number of hydrogen-bond acceptors (Lipinski definition) is 5. The van der Waals surface area contributed by atoms with Gasteiger partial charge in [0.1, 0.15) is 5.75 Å². The maximum Gasteiger partial charge on any atom is 0.387 e. The van der Waals surface area contributed by atoms with Crippen molar-refractivity contribution in [1.82, 2.24) is 15.1 Å². The molecule has 0 saturated heterocycles. The minimum absolute atomic E-state index is 0.00796. The molecule has 10 heteroatoms. The van der Waals surface area contributed by atoms with Crippen LogP contribution in [0.15, 0.2) is 18.2 Å². The highest BCUT2D eigenvalue weighted by atomic mass is 35.5. The maximum absolute atomic E-state index is 13.4. The van der Waals surface area contributed by atoms with Gasteiger partial charge in [0, 0.05) is 25.1 Å². The topological polar surface area (TPSA) is 100 Å². The summed E-state index contributed by atoms with van der Waals surface area (Å²) in [5, 5.41) is 27.0. The summed E-state index contributed by atoms with van der Waals surface area (Å²) < 4.78 is 33.2. The number of carbonyl (C=O) groups is 1. The summed E-state index contributed by atoms with van der Waals surface area (Å²) in [7, 11) is 0. The van der Waals surface area contributed by atoms with E-state index in [9.17, 15) is 18.7 Å². The number of halogens is 3. The van der Waals surface area contributed by atoms with Crippen molar-refractivity contribution < 1.29 is 23.4 Å². The van der Waals surface area contributed by atoms with E-state index in [1.54, 1.807) is 12.1 Å². The van der Waals surface area contributed by atoms with Crippen molar-refractivity contribution in [2.75, 3.05) is 6.54 Å². The molecule has 0 atom stereocenters. The number of aryl methyl sites for hydroxylation is 1. The summed E-state index contributed by atoms with van der Waals surface area (Å²) in [6, 6.07) is 7.10. The van der Waals surface area contributed by atoms with E-state index in [0.717, 1.165) is 18.4 Å². The van der Waals surface area contributed by atoms with E-state index >= 15 is 0 Å². The van der Waals surface area contributed by atoms with Crippen LogP contribution in [0.4, 0.5) is 8.78 Å². The normalized spacial score (nSPS) is 19.8. The van der Waals surface area contributed by atoms with E-state index < -0.39 is 18.1 Å². The number of unbranched alkanes of at least 4 members (excludes halogenated alkanes) is 1. The minimum atomic E-state index is -3.06. The fourth-order valence-electron chi connectivity index (χ4n) is 4.80. The molecule has 0 bridgehead atoms. The molecule has 1 amide bonds. The third-order valence-electron chi connectivity index (χ3n) is 6.80. The molecule has 7 nitrogen and oxygen atoms in total. The Bertz CT molecular complexity index is 1160. The average Bonchev–Trinajstić information content (AvgIpc) is 3.15. The van der Waals surface area contributed by atoms with Crippen LogP contribution in [0.2, 0.25) is 5.02 Å². The smallest absolute Gasteiger partial charge is 0.387 e. The van der Waals surface area contributed by atoms with Crippen molar-refractivity contribution in [1.29, 1.82) is 5.26 Å². The monoisotopic (exact) mass is 550 g/mol. The maximum atomic E-state index is 13.4. The molecule has 2 N–H and O–H groups in total. The largest absolute Gasteiger partial charge is 0.434 e. The van der Waals surface area contributed by atoms with Gasteiger partial charge in [0.25, 0.3) is 5.91 Å². The first kappa shape index (κ1) is 29.9. The van der Waals surface area contributed by atoms with Gasteiger partial charge in [0.2, 0.25) is 0 Å². The molecule has 0 aliphatic heterocycles. The SMILES string of the molecule is CC1CCC(O)(CNC(=O)c2nn(CCCC#N)c(-c3ccc(CC(C)(C)C)cc3OC(F)F)c2Cl)CC1. The van der Waals surface area contributed by atoms with Crippen molar-refractivity contribution in [3.8, 4) is 23.1 Å². The van der Waals surface area contributed by atoms with Gasteiger partial charge in [-0.05, 0) is 67.6 Å². The molecular weight excluding hydrogens is 514 g/mol. The van der Waals surface area contributed by atoms with Gasteiger partial charge in [-0.25, -0.2) is 0 Å². The minimum Gasteiger partial charge on any atom is -0.434 e. The number of rotatable bonds is 10. The third-order valence-corrected chi connectivity index (χ3v) is 7.16. The number of nitriles is 1. The highest BCUT2D eigenvalue weighted by Gasteiger charge is 2.33. The quantitative estimate of drug-likeness (QED) is 0.335. The summed E-state index contributed by atoms with van der Waals surface area (Å²) in [4.78, 5) is 13.1. The van der Waals surface area contributed by atoms with Crippen LogP contribution in [0, 0.1) is 22.7 Å². The molecular formula is C28H37ClF2N4O3. The highest BCUT2D eigenvalue weighted by molar-refractivity contribution is 6.36. The first-order valence-corrected chi connectivity index (χ1v) is 13.4. The number of hydrogen-bond donors (Lipinski definition) is 2. The Morgan fingerprint density at radius 3 is 2.66 bits per heavy atom. The van der Waals surface area contributed by atoms with Gasteiger partial charge in [-0.15, -0.1) is 0 Å². The fraction of sp³-hybridized carbons (Fsp3) is 0.607. The molecule has 0 spiro atoms. The number of aliphatic hydroxyl groups is 1. The van der Waals surface area contributed by atoms with Crippen molar-refractivity contribution in [2.24, 2.45) is 11.3 Å². The highest BCUT2D eigenvalue weighted by Crippen LogP contribution is 2.39. The lowest BCUT2D eigenvalue weighted by atomic mass is 9.79. The molecule has 1 aromatic carbocycles. The van der Waals surface area contributed by atoms with Gasteiger partial charge in [-0.1, -0.05) is 45.4 Å². The zero-order valence-electron chi connectivity index (χ0n) is 22.5. The van der Waals surface area contributed by atoms with Crippen molar-refractivity contribution >= 4 is 17.5 Å². The molecule has 0 unspecified atom stereocenters. The van der Waals surface area contributed by atoms with Crippen LogP contribution < -0.4 is 10.1 Å². The first-order chi connectivity index (χ1) is 17.8. The van der Waals surface area contributed by atoms with Crippen LogP contribution in [-0.2, 0) is 13.0 Å². The molecule has 1 fully saturated rings. The lowest BCUT2D eigenvalue weighted by Gasteiger charge is -2.34. The van der Waals surface area contributed by atoms with Crippen LogP contribution >= 0.6 is 11.6 Å². The summed E-state index contributed by atoms with van der Waals surface area (Å²) in [6.07, 6.45) is 4.24. The summed E-state index contributed by atoms with van der Waals surface area (Å²) >= 11 is 6.69. The number of nitrogens with one attached hydrogen (secondary N) is 1. The molecule has 208 valence electrons. The molecule has 1 aliphatic rings. The summed E-state index contributed by atoms with van der Waals surface area (Å²) in [5.74, 6) is -0.0998. The Hall–Kier alpha value is -2.70. The number of aromatic nitrogens is 2.